The van der Waals surface area contributed by atoms with E-state index in [0.717, 1.165) is 29.6 Å². The molecule has 1 N–H and O–H groups in total. The first-order valence-corrected chi connectivity index (χ1v) is 8.41. The molecule has 0 radical (unpaired) electrons. The molecule has 5 nitrogen and oxygen atoms in total. The van der Waals surface area contributed by atoms with Crippen LogP contribution in [0.25, 0.3) is 0 Å². The van der Waals surface area contributed by atoms with Crippen molar-refractivity contribution < 1.29 is 14.3 Å². The number of hydrogen-bond acceptors (Lipinski definition) is 3. The lowest BCUT2D eigenvalue weighted by molar-refractivity contribution is -0.132. The molecule has 2 heterocycles. The number of ether oxygens (including phenoxy) is 1. The number of hydrogen-bond donors (Lipinski definition) is 1. The second-order valence-corrected chi connectivity index (χ2v) is 6.61. The highest BCUT2D eigenvalue weighted by atomic mass is 79.9. The first-order chi connectivity index (χ1) is 10.6. The largest absolute Gasteiger partial charge is 0.376 e. The lowest BCUT2D eigenvalue weighted by atomic mass is 10.1. The molecule has 2 saturated heterocycles. The van der Waals surface area contributed by atoms with E-state index >= 15 is 0 Å². The molecule has 22 heavy (non-hydrogen) atoms. The van der Waals surface area contributed by atoms with Crippen molar-refractivity contribution in [1.82, 2.24) is 5.32 Å². The standard InChI is InChI=1S/C16H19BrN2O3/c17-11-3-1-4-12(9-11)19-7-6-14(16(19)21)15(20)18-10-13-5-2-8-22-13/h1,3-4,9,13-14H,2,5-8,10H2,(H,18,20). The highest BCUT2D eigenvalue weighted by Gasteiger charge is 2.37. The zero-order chi connectivity index (χ0) is 15.5. The lowest BCUT2D eigenvalue weighted by Gasteiger charge is -2.17. The molecule has 3 rings (SSSR count). The Morgan fingerprint density at radius 3 is 3.00 bits per heavy atom. The van der Waals surface area contributed by atoms with Gasteiger partial charge in [0.15, 0.2) is 0 Å². The molecule has 0 spiro atoms. The molecule has 118 valence electrons. The van der Waals surface area contributed by atoms with Gasteiger partial charge in [-0.2, -0.15) is 0 Å². The van der Waals surface area contributed by atoms with Crippen molar-refractivity contribution in [3.63, 3.8) is 0 Å². The highest BCUT2D eigenvalue weighted by Crippen LogP contribution is 2.27. The number of carbonyl (C=O) groups is 2. The summed E-state index contributed by atoms with van der Waals surface area (Å²) in [4.78, 5) is 26.4. The van der Waals surface area contributed by atoms with Crippen molar-refractivity contribution in [1.29, 1.82) is 0 Å². The third kappa shape index (κ3) is 3.33. The van der Waals surface area contributed by atoms with Crippen LogP contribution in [0.15, 0.2) is 28.7 Å². The van der Waals surface area contributed by atoms with Crippen LogP contribution in [0.5, 0.6) is 0 Å². The molecule has 1 aromatic rings. The predicted molar refractivity (Wildman–Crippen MR) is 86.6 cm³/mol. The van der Waals surface area contributed by atoms with Crippen LogP contribution < -0.4 is 10.2 Å². The Hall–Kier alpha value is -1.40. The topological polar surface area (TPSA) is 58.6 Å². The number of nitrogens with one attached hydrogen (secondary N) is 1. The van der Waals surface area contributed by atoms with Crippen LogP contribution in [0.4, 0.5) is 5.69 Å². The molecule has 0 saturated carbocycles. The summed E-state index contributed by atoms with van der Waals surface area (Å²) >= 11 is 3.40. The summed E-state index contributed by atoms with van der Waals surface area (Å²) in [5.74, 6) is -0.888. The van der Waals surface area contributed by atoms with Crippen molar-refractivity contribution in [2.24, 2.45) is 5.92 Å². The van der Waals surface area contributed by atoms with Crippen LogP contribution in [-0.2, 0) is 14.3 Å². The SMILES string of the molecule is O=C(NCC1CCCO1)C1CCN(c2cccc(Br)c2)C1=O. The summed E-state index contributed by atoms with van der Waals surface area (Å²) in [6.07, 6.45) is 2.67. The maximum Gasteiger partial charge on any atom is 0.239 e. The summed E-state index contributed by atoms with van der Waals surface area (Å²) in [5, 5.41) is 2.86. The van der Waals surface area contributed by atoms with Crippen LogP contribution in [0, 0.1) is 5.92 Å². The Kier molecular flexibility index (Phi) is 4.78. The third-order valence-electron chi connectivity index (χ3n) is 4.17. The molecule has 2 aliphatic heterocycles. The van der Waals surface area contributed by atoms with Gasteiger partial charge in [0.05, 0.1) is 6.10 Å². The summed E-state index contributed by atoms with van der Waals surface area (Å²) in [7, 11) is 0. The zero-order valence-electron chi connectivity index (χ0n) is 12.3. The molecule has 2 aliphatic rings. The predicted octanol–water partition coefficient (Wildman–Crippen LogP) is 2.10. The normalized spacial score (nSPS) is 24.8. The van der Waals surface area contributed by atoms with E-state index in [0.29, 0.717) is 19.5 Å². The molecule has 0 bridgehead atoms. The smallest absolute Gasteiger partial charge is 0.239 e. The van der Waals surface area contributed by atoms with Crippen LogP contribution in [-0.4, -0.2) is 37.6 Å². The molecule has 0 aromatic heterocycles. The van der Waals surface area contributed by atoms with Gasteiger partial charge in [-0.15, -0.1) is 0 Å². The minimum absolute atomic E-state index is 0.0987. The van der Waals surface area contributed by atoms with Crippen molar-refractivity contribution in [3.8, 4) is 0 Å². The summed E-state index contributed by atoms with van der Waals surface area (Å²) < 4.78 is 6.40. The Balaban J connectivity index is 1.59. The molecule has 2 fully saturated rings. The van der Waals surface area contributed by atoms with Gasteiger partial charge in [0.1, 0.15) is 5.92 Å². The number of anilines is 1. The quantitative estimate of drug-likeness (QED) is 0.830. The molecule has 0 aliphatic carbocycles. The van der Waals surface area contributed by atoms with E-state index in [-0.39, 0.29) is 17.9 Å². The van der Waals surface area contributed by atoms with Gasteiger partial charge in [0, 0.05) is 29.9 Å². The molecule has 1 aromatic carbocycles. The second kappa shape index (κ2) is 6.79. The van der Waals surface area contributed by atoms with Gasteiger partial charge in [-0.25, -0.2) is 0 Å². The first kappa shape index (κ1) is 15.5. The Morgan fingerprint density at radius 2 is 2.27 bits per heavy atom. The highest BCUT2D eigenvalue weighted by molar-refractivity contribution is 9.10. The van der Waals surface area contributed by atoms with E-state index in [2.05, 4.69) is 21.2 Å². The van der Waals surface area contributed by atoms with E-state index < -0.39 is 5.92 Å². The number of amides is 2. The van der Waals surface area contributed by atoms with Crippen molar-refractivity contribution in [2.45, 2.75) is 25.4 Å². The van der Waals surface area contributed by atoms with E-state index in [1.54, 1.807) is 4.90 Å². The second-order valence-electron chi connectivity index (χ2n) is 5.69. The van der Waals surface area contributed by atoms with E-state index in [1.807, 2.05) is 24.3 Å². The van der Waals surface area contributed by atoms with Gasteiger partial charge in [-0.05, 0) is 37.5 Å². The summed E-state index contributed by atoms with van der Waals surface area (Å²) in [6.45, 7) is 1.84. The fourth-order valence-electron chi connectivity index (χ4n) is 2.97. The number of benzene rings is 1. The maximum atomic E-state index is 12.5. The van der Waals surface area contributed by atoms with Gasteiger partial charge >= 0.3 is 0 Å². The Bertz CT molecular complexity index is 572. The van der Waals surface area contributed by atoms with Gasteiger partial charge in [-0.3, -0.25) is 9.59 Å². The average molecular weight is 367 g/mol. The van der Waals surface area contributed by atoms with Crippen LogP contribution >= 0.6 is 15.9 Å². The zero-order valence-corrected chi connectivity index (χ0v) is 13.8. The number of rotatable bonds is 4. The minimum Gasteiger partial charge on any atom is -0.376 e. The maximum absolute atomic E-state index is 12.5. The summed E-state index contributed by atoms with van der Waals surface area (Å²) in [5.41, 5.74) is 0.828. The van der Waals surface area contributed by atoms with Crippen LogP contribution in [0.3, 0.4) is 0 Å². The Morgan fingerprint density at radius 1 is 1.41 bits per heavy atom. The molecule has 6 heteroatoms. The fraction of sp³-hybridized carbons (Fsp3) is 0.500. The van der Waals surface area contributed by atoms with Crippen molar-refractivity contribution in [2.75, 3.05) is 24.6 Å². The van der Waals surface area contributed by atoms with Crippen molar-refractivity contribution in [3.05, 3.63) is 28.7 Å². The van der Waals surface area contributed by atoms with Gasteiger partial charge in [0.25, 0.3) is 0 Å². The van der Waals surface area contributed by atoms with Gasteiger partial charge in [0.2, 0.25) is 11.8 Å². The molecular formula is C16H19BrN2O3. The number of nitrogens with zero attached hydrogens (tertiary/aromatic N) is 1. The van der Waals surface area contributed by atoms with E-state index in [9.17, 15) is 9.59 Å². The third-order valence-corrected chi connectivity index (χ3v) is 4.66. The fourth-order valence-corrected chi connectivity index (χ4v) is 3.35. The van der Waals surface area contributed by atoms with Crippen LogP contribution in [0.2, 0.25) is 0 Å². The Labute approximate surface area is 138 Å². The molecule has 2 amide bonds. The lowest BCUT2D eigenvalue weighted by Crippen LogP contribution is -2.39. The number of halogens is 1. The molecular weight excluding hydrogens is 348 g/mol. The first-order valence-electron chi connectivity index (χ1n) is 7.61. The van der Waals surface area contributed by atoms with Gasteiger partial charge in [-0.1, -0.05) is 22.0 Å². The number of carbonyl (C=O) groups excluding carboxylic acids is 2. The minimum atomic E-state index is -0.583. The van der Waals surface area contributed by atoms with Crippen molar-refractivity contribution >= 4 is 33.4 Å². The van der Waals surface area contributed by atoms with E-state index in [1.165, 1.54) is 0 Å². The molecule has 2 unspecified atom stereocenters. The van der Waals surface area contributed by atoms with E-state index in [4.69, 9.17) is 4.74 Å². The van der Waals surface area contributed by atoms with Gasteiger partial charge < -0.3 is 15.0 Å². The van der Waals surface area contributed by atoms with Crippen LogP contribution in [0.1, 0.15) is 19.3 Å². The molecule has 2 atom stereocenters. The average Bonchev–Trinajstić information content (AvgIpc) is 3.14. The monoisotopic (exact) mass is 366 g/mol. The summed E-state index contributed by atoms with van der Waals surface area (Å²) in [6, 6.07) is 7.58.